The lowest BCUT2D eigenvalue weighted by atomic mass is 10.1. The van der Waals surface area contributed by atoms with E-state index in [1.165, 1.54) is 24.3 Å². The van der Waals surface area contributed by atoms with Gasteiger partial charge in [0.05, 0.1) is 11.2 Å². The number of aromatic nitrogens is 5. The number of alkyl halides is 3. The number of carbonyl (C=O) groups excluding carboxylic acids is 2. The molecule has 192 valence electrons. The lowest BCUT2D eigenvalue weighted by Gasteiger charge is -2.12. The third-order valence-electron chi connectivity index (χ3n) is 5.65. The first kappa shape index (κ1) is 24.6. The molecule has 2 heterocycles. The summed E-state index contributed by atoms with van der Waals surface area (Å²) in [4.78, 5) is 31.4. The van der Waals surface area contributed by atoms with Crippen LogP contribution in [0.25, 0.3) is 22.3 Å². The van der Waals surface area contributed by atoms with Crippen LogP contribution < -0.4 is 10.6 Å². The van der Waals surface area contributed by atoms with Crippen LogP contribution in [0.15, 0.2) is 60.7 Å². The molecule has 3 aromatic carbocycles. The summed E-state index contributed by atoms with van der Waals surface area (Å²) in [6, 6.07) is 14.0. The minimum atomic E-state index is -4.84. The smallest absolute Gasteiger partial charge is 0.334 e. The number of hydrogen-bond donors (Lipinski definition) is 4. The predicted molar refractivity (Wildman–Crippen MR) is 130 cm³/mol. The van der Waals surface area contributed by atoms with Gasteiger partial charge in [-0.3, -0.25) is 14.7 Å². The zero-order valence-corrected chi connectivity index (χ0v) is 19.4. The highest BCUT2D eigenvalue weighted by Gasteiger charge is 2.37. The number of nitrogens with one attached hydrogen (secondary N) is 4. The highest BCUT2D eigenvalue weighted by Crippen LogP contribution is 2.32. The fourth-order valence-corrected chi connectivity index (χ4v) is 3.70. The Labute approximate surface area is 211 Å². The monoisotopic (exact) mass is 523 g/mol. The van der Waals surface area contributed by atoms with Gasteiger partial charge in [0.1, 0.15) is 11.3 Å². The van der Waals surface area contributed by atoms with Gasteiger partial charge in [0.25, 0.3) is 11.8 Å². The zero-order valence-electron chi connectivity index (χ0n) is 19.4. The van der Waals surface area contributed by atoms with Gasteiger partial charge in [-0.05, 0) is 67.1 Å². The third kappa shape index (κ3) is 4.93. The number of amides is 2. The zero-order chi connectivity index (χ0) is 27.0. The van der Waals surface area contributed by atoms with Crippen LogP contribution in [0.4, 0.5) is 28.9 Å². The average molecular weight is 523 g/mol. The van der Waals surface area contributed by atoms with Gasteiger partial charge >= 0.3 is 6.18 Å². The molecular weight excluding hydrogens is 506 g/mol. The Morgan fingerprint density at radius 1 is 0.921 bits per heavy atom. The van der Waals surface area contributed by atoms with Gasteiger partial charge < -0.3 is 15.6 Å². The average Bonchev–Trinajstić information content (AvgIpc) is 3.53. The fourth-order valence-electron chi connectivity index (χ4n) is 3.70. The first-order valence-electron chi connectivity index (χ1n) is 11.1. The molecule has 2 amide bonds. The van der Waals surface area contributed by atoms with Crippen LogP contribution in [0.1, 0.15) is 32.2 Å². The van der Waals surface area contributed by atoms with Crippen molar-refractivity contribution in [2.24, 2.45) is 0 Å². The predicted octanol–water partition coefficient (Wildman–Crippen LogP) is 5.32. The van der Waals surface area contributed by atoms with Gasteiger partial charge in [0, 0.05) is 22.5 Å². The second-order valence-corrected chi connectivity index (χ2v) is 8.30. The molecule has 0 unspecified atom stereocenters. The molecule has 5 rings (SSSR count). The second-order valence-electron chi connectivity index (χ2n) is 8.30. The van der Waals surface area contributed by atoms with Crippen molar-refractivity contribution < 1.29 is 27.2 Å². The number of rotatable bonds is 5. The number of carbonyl (C=O) groups is 2. The Balaban J connectivity index is 1.41. The molecule has 0 bridgehead atoms. The minimum absolute atomic E-state index is 0.139. The van der Waals surface area contributed by atoms with Gasteiger partial charge in [-0.15, -0.1) is 5.10 Å². The molecule has 5 aromatic rings. The molecule has 9 nitrogen and oxygen atoms in total. The number of aryl methyl sites for hydroxylation is 1. The van der Waals surface area contributed by atoms with Gasteiger partial charge in [-0.25, -0.2) is 9.37 Å². The van der Waals surface area contributed by atoms with E-state index in [4.69, 9.17) is 0 Å². The first-order valence-corrected chi connectivity index (χ1v) is 11.1. The van der Waals surface area contributed by atoms with E-state index in [1.807, 2.05) is 0 Å². The van der Waals surface area contributed by atoms with Crippen LogP contribution in [0.3, 0.4) is 0 Å². The van der Waals surface area contributed by atoms with Crippen LogP contribution in [-0.4, -0.2) is 37.2 Å². The van der Waals surface area contributed by atoms with E-state index in [0.29, 0.717) is 27.8 Å². The molecule has 0 radical (unpaired) electrons. The second kappa shape index (κ2) is 9.42. The molecule has 4 N–H and O–H groups in total. The standard InChI is InChI=1S/C25H17F4N7O2/c1-12-2-8-16(11-18(12)31-22(37)14-5-9-17-19(10-14)35-36-34-17)30-23(38)21-20(13-3-6-15(26)7-4-13)32-24(33-21)25(27,28)29/h2-11H,1H3,(H,30,38)(H,31,37)(H,32,33)(H,34,35,36). The molecule has 38 heavy (non-hydrogen) atoms. The summed E-state index contributed by atoms with van der Waals surface area (Å²) in [5, 5.41) is 15.5. The number of aromatic amines is 2. The van der Waals surface area contributed by atoms with Crippen LogP contribution in [0, 0.1) is 12.7 Å². The van der Waals surface area contributed by atoms with E-state index in [-0.39, 0.29) is 16.9 Å². The van der Waals surface area contributed by atoms with Crippen molar-refractivity contribution in [1.82, 2.24) is 25.4 Å². The van der Waals surface area contributed by atoms with Gasteiger partial charge in [0.15, 0.2) is 5.69 Å². The highest BCUT2D eigenvalue weighted by molar-refractivity contribution is 6.08. The maximum atomic E-state index is 13.3. The highest BCUT2D eigenvalue weighted by atomic mass is 19.4. The topological polar surface area (TPSA) is 128 Å². The fraction of sp³-hybridized carbons (Fsp3) is 0.0800. The maximum Gasteiger partial charge on any atom is 0.449 e. The van der Waals surface area contributed by atoms with Crippen LogP contribution in [0.2, 0.25) is 0 Å². The summed E-state index contributed by atoms with van der Waals surface area (Å²) in [6.45, 7) is 1.73. The number of fused-ring (bicyclic) bond motifs is 1. The molecule has 0 fully saturated rings. The summed E-state index contributed by atoms with van der Waals surface area (Å²) in [7, 11) is 0. The lowest BCUT2D eigenvalue weighted by Crippen LogP contribution is -2.16. The van der Waals surface area contributed by atoms with Crippen molar-refractivity contribution in [2.45, 2.75) is 13.1 Å². The van der Waals surface area contributed by atoms with Crippen molar-refractivity contribution in [1.29, 1.82) is 0 Å². The van der Waals surface area contributed by atoms with E-state index < -0.39 is 35.3 Å². The first-order chi connectivity index (χ1) is 18.1. The maximum absolute atomic E-state index is 13.3. The van der Waals surface area contributed by atoms with E-state index >= 15 is 0 Å². The van der Waals surface area contributed by atoms with E-state index in [1.54, 1.807) is 31.2 Å². The summed E-state index contributed by atoms with van der Waals surface area (Å²) < 4.78 is 53.4. The molecule has 0 aliphatic carbocycles. The quantitative estimate of drug-likeness (QED) is 0.232. The Hall–Kier alpha value is -5.07. The molecular formula is C25H17F4N7O2. The molecule has 0 saturated carbocycles. The molecule has 0 aliphatic rings. The summed E-state index contributed by atoms with van der Waals surface area (Å²) in [6.07, 6.45) is -4.84. The SMILES string of the molecule is Cc1ccc(NC(=O)c2nc(C(F)(F)F)[nH]c2-c2ccc(F)cc2)cc1NC(=O)c1ccc2[nH]nnc2c1. The minimum Gasteiger partial charge on any atom is -0.334 e. The van der Waals surface area contributed by atoms with Crippen molar-refractivity contribution in [3.05, 3.63) is 89.1 Å². The van der Waals surface area contributed by atoms with Gasteiger partial charge in [0.2, 0.25) is 5.82 Å². The largest absolute Gasteiger partial charge is 0.449 e. The number of hydrogen-bond acceptors (Lipinski definition) is 5. The van der Waals surface area contributed by atoms with Crippen LogP contribution >= 0.6 is 0 Å². The number of H-pyrrole nitrogens is 2. The Morgan fingerprint density at radius 3 is 2.42 bits per heavy atom. The van der Waals surface area contributed by atoms with Crippen molar-refractivity contribution in [2.75, 3.05) is 10.6 Å². The number of halogens is 4. The van der Waals surface area contributed by atoms with Gasteiger partial charge in [-0.1, -0.05) is 11.3 Å². The number of benzene rings is 3. The van der Waals surface area contributed by atoms with E-state index in [0.717, 1.165) is 12.1 Å². The van der Waals surface area contributed by atoms with E-state index in [2.05, 4.69) is 36.0 Å². The molecule has 13 heteroatoms. The molecule has 0 spiro atoms. The summed E-state index contributed by atoms with van der Waals surface area (Å²) in [5.74, 6) is -3.34. The van der Waals surface area contributed by atoms with Crippen molar-refractivity contribution >= 4 is 34.2 Å². The Kier molecular flexibility index (Phi) is 6.11. The van der Waals surface area contributed by atoms with Gasteiger partial charge in [-0.2, -0.15) is 13.2 Å². The van der Waals surface area contributed by atoms with Crippen LogP contribution in [0.5, 0.6) is 0 Å². The van der Waals surface area contributed by atoms with Crippen molar-refractivity contribution in [3.63, 3.8) is 0 Å². The number of nitrogens with zero attached hydrogens (tertiary/aromatic N) is 3. The third-order valence-corrected chi connectivity index (χ3v) is 5.65. The molecule has 0 saturated heterocycles. The van der Waals surface area contributed by atoms with Crippen molar-refractivity contribution in [3.8, 4) is 11.3 Å². The lowest BCUT2D eigenvalue weighted by molar-refractivity contribution is -0.144. The molecule has 0 aliphatic heterocycles. The van der Waals surface area contributed by atoms with E-state index in [9.17, 15) is 27.2 Å². The number of imidazole rings is 1. The Morgan fingerprint density at radius 2 is 1.68 bits per heavy atom. The molecule has 0 atom stereocenters. The number of anilines is 2. The summed E-state index contributed by atoms with van der Waals surface area (Å²) in [5.41, 5.74) is 2.11. The normalized spacial score (nSPS) is 11.5. The van der Waals surface area contributed by atoms with Crippen LogP contribution in [-0.2, 0) is 6.18 Å². The Bertz CT molecular complexity index is 1670. The molecule has 2 aromatic heterocycles. The summed E-state index contributed by atoms with van der Waals surface area (Å²) >= 11 is 0.